The Morgan fingerprint density at radius 2 is 1.93 bits per heavy atom. The summed E-state index contributed by atoms with van der Waals surface area (Å²) in [7, 11) is -3.88. The minimum atomic E-state index is -3.88. The monoisotopic (exact) mass is 264 g/mol. The van der Waals surface area contributed by atoms with Crippen LogP contribution in [0.15, 0.2) is 0 Å². The van der Waals surface area contributed by atoms with E-state index in [1.54, 1.807) is 4.72 Å². The van der Waals surface area contributed by atoms with Gasteiger partial charge in [0.15, 0.2) is 0 Å². The van der Waals surface area contributed by atoms with Crippen LogP contribution in [0.3, 0.4) is 0 Å². The topological polar surface area (TPSA) is 84.5 Å². The first-order valence-corrected chi connectivity index (χ1v) is 6.13. The van der Waals surface area contributed by atoms with Crippen molar-refractivity contribution in [1.82, 2.24) is 9.44 Å². The van der Waals surface area contributed by atoms with E-state index in [4.69, 9.17) is 23.2 Å². The number of hydrogen-bond acceptors (Lipinski definition) is 4. The van der Waals surface area contributed by atoms with E-state index in [1.807, 2.05) is 4.72 Å². The second-order valence-electron chi connectivity index (χ2n) is 2.01. The molecule has 2 N–H and O–H groups in total. The lowest BCUT2D eigenvalue weighted by molar-refractivity contribution is 0.159. The van der Waals surface area contributed by atoms with Gasteiger partial charge in [-0.1, -0.05) is 0 Å². The van der Waals surface area contributed by atoms with Crippen molar-refractivity contribution in [1.29, 1.82) is 0 Å². The number of amides is 1. The molecule has 0 bridgehead atoms. The largest absolute Gasteiger partial charge is 0.448 e. The summed E-state index contributed by atoms with van der Waals surface area (Å²) >= 11 is 10.5. The van der Waals surface area contributed by atoms with E-state index in [9.17, 15) is 13.2 Å². The summed E-state index contributed by atoms with van der Waals surface area (Å²) in [6, 6.07) is 0. The lowest BCUT2D eigenvalue weighted by atomic mass is 10.8. The Kier molecular flexibility index (Phi) is 6.98. The summed E-state index contributed by atoms with van der Waals surface area (Å²) in [6.45, 7) is -0.0297. The Hall–Kier alpha value is -0.240. The lowest BCUT2D eigenvalue weighted by Gasteiger charge is -2.06. The smallest absolute Gasteiger partial charge is 0.421 e. The van der Waals surface area contributed by atoms with Crippen LogP contribution in [0.2, 0.25) is 0 Å². The molecule has 0 aliphatic rings. The quantitative estimate of drug-likeness (QED) is 0.663. The van der Waals surface area contributed by atoms with Gasteiger partial charge in [-0.05, 0) is 0 Å². The van der Waals surface area contributed by atoms with Gasteiger partial charge in [-0.15, -0.1) is 23.2 Å². The van der Waals surface area contributed by atoms with E-state index >= 15 is 0 Å². The molecule has 0 unspecified atom stereocenters. The van der Waals surface area contributed by atoms with Crippen molar-refractivity contribution < 1.29 is 17.9 Å². The van der Waals surface area contributed by atoms with E-state index in [-0.39, 0.29) is 24.9 Å². The molecule has 0 aromatic rings. The van der Waals surface area contributed by atoms with Crippen LogP contribution < -0.4 is 9.44 Å². The van der Waals surface area contributed by atoms with Gasteiger partial charge in [0.25, 0.3) is 0 Å². The van der Waals surface area contributed by atoms with E-state index in [0.717, 1.165) is 0 Å². The third-order valence-corrected chi connectivity index (χ3v) is 2.28. The summed E-state index contributed by atoms with van der Waals surface area (Å²) in [4.78, 5) is 10.7. The molecular weight excluding hydrogens is 255 g/mol. The molecule has 6 nitrogen and oxygen atoms in total. The number of alkyl halides is 2. The standard InChI is InChI=1S/C5H10Cl2N2O4S/c6-1-3-8-14(11,12)9-5(10)13-4-2-7/h8H,1-4H2,(H,9,10). The first-order chi connectivity index (χ1) is 6.52. The minimum absolute atomic E-state index is 0.0275. The molecule has 0 aliphatic heterocycles. The van der Waals surface area contributed by atoms with Crippen molar-refractivity contribution in [3.8, 4) is 0 Å². The normalized spacial score (nSPS) is 11.0. The number of nitrogens with one attached hydrogen (secondary N) is 2. The first-order valence-electron chi connectivity index (χ1n) is 3.58. The molecule has 0 fully saturated rings. The minimum Gasteiger partial charge on any atom is -0.448 e. The van der Waals surface area contributed by atoms with Crippen molar-refractivity contribution >= 4 is 39.5 Å². The molecule has 0 radical (unpaired) electrons. The van der Waals surface area contributed by atoms with E-state index in [0.29, 0.717) is 0 Å². The maximum Gasteiger partial charge on any atom is 0.421 e. The zero-order valence-corrected chi connectivity index (χ0v) is 9.45. The number of rotatable bonds is 6. The average Bonchev–Trinajstić information content (AvgIpc) is 2.11. The highest BCUT2D eigenvalue weighted by Gasteiger charge is 2.13. The number of carbonyl (C=O) groups excluding carboxylic acids is 1. The van der Waals surface area contributed by atoms with Gasteiger partial charge in [0.05, 0.1) is 5.88 Å². The number of halogens is 2. The van der Waals surface area contributed by atoms with Gasteiger partial charge >= 0.3 is 16.3 Å². The van der Waals surface area contributed by atoms with Gasteiger partial charge in [0.2, 0.25) is 0 Å². The lowest BCUT2D eigenvalue weighted by Crippen LogP contribution is -2.41. The molecule has 0 aromatic heterocycles. The first kappa shape index (κ1) is 13.8. The zero-order chi connectivity index (χ0) is 11.0. The Balaban J connectivity index is 3.90. The van der Waals surface area contributed by atoms with Crippen LogP contribution in [0, 0.1) is 0 Å². The summed E-state index contributed by atoms with van der Waals surface area (Å²) in [6.07, 6.45) is -1.08. The zero-order valence-electron chi connectivity index (χ0n) is 7.13. The number of ether oxygens (including phenoxy) is 1. The second-order valence-corrected chi connectivity index (χ2v) is 4.27. The molecule has 9 heteroatoms. The van der Waals surface area contributed by atoms with Crippen molar-refractivity contribution in [2.24, 2.45) is 0 Å². The SMILES string of the molecule is O=C(NS(=O)(=O)NCCCl)OCCCl. The average molecular weight is 265 g/mol. The molecule has 14 heavy (non-hydrogen) atoms. The van der Waals surface area contributed by atoms with E-state index in [1.165, 1.54) is 0 Å². The van der Waals surface area contributed by atoms with Gasteiger partial charge in [-0.2, -0.15) is 13.1 Å². The molecule has 0 saturated heterocycles. The van der Waals surface area contributed by atoms with Crippen molar-refractivity contribution in [3.63, 3.8) is 0 Å². The molecular formula is C5H10Cl2N2O4S. The maximum atomic E-state index is 10.9. The van der Waals surface area contributed by atoms with Gasteiger partial charge in [-0.3, -0.25) is 0 Å². The highest BCUT2D eigenvalue weighted by Crippen LogP contribution is 1.84. The predicted molar refractivity (Wildman–Crippen MR) is 52.8 cm³/mol. The summed E-state index contributed by atoms with van der Waals surface area (Å²) in [5.74, 6) is 0.209. The van der Waals surface area contributed by atoms with Crippen LogP contribution in [0.4, 0.5) is 4.79 Å². The van der Waals surface area contributed by atoms with Crippen LogP contribution in [-0.2, 0) is 14.9 Å². The molecule has 0 aromatic carbocycles. The summed E-state index contributed by atoms with van der Waals surface area (Å²) in [5.41, 5.74) is 0. The molecule has 0 heterocycles. The van der Waals surface area contributed by atoms with Crippen molar-refractivity contribution in [2.45, 2.75) is 0 Å². The van der Waals surface area contributed by atoms with Crippen LogP contribution in [0.1, 0.15) is 0 Å². The van der Waals surface area contributed by atoms with Crippen LogP contribution in [-0.4, -0.2) is 39.4 Å². The Morgan fingerprint density at radius 3 is 2.43 bits per heavy atom. The van der Waals surface area contributed by atoms with Crippen LogP contribution >= 0.6 is 23.2 Å². The Bertz CT molecular complexity index is 269. The Morgan fingerprint density at radius 1 is 1.29 bits per heavy atom. The predicted octanol–water partition coefficient (Wildman–Crippen LogP) is 0.0246. The summed E-state index contributed by atoms with van der Waals surface area (Å²) in [5, 5.41) is 0. The van der Waals surface area contributed by atoms with Gasteiger partial charge < -0.3 is 4.74 Å². The Labute approximate surface area is 92.1 Å². The van der Waals surface area contributed by atoms with Gasteiger partial charge in [0, 0.05) is 12.4 Å². The fourth-order valence-corrected chi connectivity index (χ4v) is 1.48. The highest BCUT2D eigenvalue weighted by atomic mass is 35.5. The molecule has 0 rings (SSSR count). The molecule has 0 atom stereocenters. The fraction of sp³-hybridized carbons (Fsp3) is 0.800. The van der Waals surface area contributed by atoms with E-state index < -0.39 is 16.3 Å². The second kappa shape index (κ2) is 7.10. The van der Waals surface area contributed by atoms with Gasteiger partial charge in [-0.25, -0.2) is 9.52 Å². The van der Waals surface area contributed by atoms with Crippen LogP contribution in [0.5, 0.6) is 0 Å². The fourth-order valence-electron chi connectivity index (χ4n) is 0.479. The highest BCUT2D eigenvalue weighted by molar-refractivity contribution is 7.88. The maximum absolute atomic E-state index is 10.9. The third-order valence-electron chi connectivity index (χ3n) is 0.915. The van der Waals surface area contributed by atoms with Crippen molar-refractivity contribution in [3.05, 3.63) is 0 Å². The van der Waals surface area contributed by atoms with Crippen molar-refractivity contribution in [2.75, 3.05) is 24.9 Å². The molecule has 1 amide bonds. The molecule has 0 spiro atoms. The van der Waals surface area contributed by atoms with Gasteiger partial charge in [0.1, 0.15) is 6.61 Å². The molecule has 0 aliphatic carbocycles. The summed E-state index contributed by atoms with van der Waals surface area (Å²) < 4.78 is 29.9. The van der Waals surface area contributed by atoms with E-state index in [2.05, 4.69) is 4.74 Å². The van der Waals surface area contributed by atoms with Crippen LogP contribution in [0.25, 0.3) is 0 Å². The third kappa shape index (κ3) is 7.19. The number of carbonyl (C=O) groups is 1. The molecule has 84 valence electrons. The molecule has 0 saturated carbocycles. The number of hydrogen-bond donors (Lipinski definition) is 2.